The van der Waals surface area contributed by atoms with Gasteiger partial charge in [0, 0.05) is 0 Å². The van der Waals surface area contributed by atoms with Crippen LogP contribution in [0.4, 0.5) is 0 Å². The van der Waals surface area contributed by atoms with Gasteiger partial charge in [0.1, 0.15) is 0 Å². The lowest BCUT2D eigenvalue weighted by Crippen LogP contribution is -2.36. The minimum Gasteiger partial charge on any atom is -0.121 e. The van der Waals surface area contributed by atoms with E-state index < -0.39 is 16.1 Å². The Morgan fingerprint density at radius 2 is 1.50 bits per heavy atom. The molecule has 0 fully saturated rings. The molecule has 1 aromatic carbocycles. The fourth-order valence-electron chi connectivity index (χ4n) is 1.93. The molecule has 0 amide bonds. The van der Waals surface area contributed by atoms with Gasteiger partial charge in [-0.15, -0.1) is 8.92 Å². The summed E-state index contributed by atoms with van der Waals surface area (Å²) in [4.78, 5) is 0. The molecular weight excluding hydrogens is 336 g/mol. The lowest BCUT2D eigenvalue weighted by atomic mass is 10.2. The topological polar surface area (TPSA) is 0 Å². The summed E-state index contributed by atoms with van der Waals surface area (Å²) in [5.74, 6) is 0. The van der Waals surface area contributed by atoms with E-state index in [4.69, 9.17) is 0 Å². The maximum atomic E-state index is 4.01. The summed E-state index contributed by atoms with van der Waals surface area (Å²) in [5.41, 5.74) is 1.45. The van der Waals surface area contributed by atoms with Crippen LogP contribution in [0.1, 0.15) is 5.56 Å². The number of hydrogen-bond acceptors (Lipinski definition) is 0. The summed E-state index contributed by atoms with van der Waals surface area (Å²) in [6, 6.07) is 11.0. The van der Waals surface area contributed by atoms with E-state index in [1.165, 1.54) is 10.9 Å². The zero-order valence-corrected chi connectivity index (χ0v) is 16.8. The van der Waals surface area contributed by atoms with Crippen molar-refractivity contribution < 1.29 is 0 Å². The minimum atomic E-state index is -1.29. The van der Waals surface area contributed by atoms with Crippen molar-refractivity contribution in [1.82, 2.24) is 0 Å². The number of rotatable bonds is 4. The van der Waals surface area contributed by atoms with Gasteiger partial charge in [0.05, 0.1) is 16.1 Å². The van der Waals surface area contributed by atoms with Crippen LogP contribution in [0.25, 0.3) is 0 Å². The van der Waals surface area contributed by atoms with Crippen LogP contribution in [0, 0.1) is 0 Å². The quantitative estimate of drug-likeness (QED) is 0.488. The summed E-state index contributed by atoms with van der Waals surface area (Å²) in [5, 5.41) is 1.35. The predicted octanol–water partition coefficient (Wildman–Crippen LogP) is 5.54. The van der Waals surface area contributed by atoms with E-state index in [2.05, 4.69) is 84.4 Å². The first-order valence-corrected chi connectivity index (χ1v) is 16.9. The van der Waals surface area contributed by atoms with Gasteiger partial charge in [-0.05, 0) is 30.2 Å². The Morgan fingerprint density at radius 3 is 1.89 bits per heavy atom. The van der Waals surface area contributed by atoms with Crippen molar-refractivity contribution in [2.75, 3.05) is 5.38 Å². The van der Waals surface area contributed by atoms with Gasteiger partial charge in [-0.1, -0.05) is 69.6 Å². The summed E-state index contributed by atoms with van der Waals surface area (Å²) >= 11 is 4.01. The van der Waals surface area contributed by atoms with E-state index in [1.54, 1.807) is 4.49 Å². The van der Waals surface area contributed by atoms with Crippen LogP contribution in [-0.2, 0) is 0 Å². The Balaban J connectivity index is 3.27. The summed E-state index contributed by atoms with van der Waals surface area (Å²) in [7, 11) is -2.06. The van der Waals surface area contributed by atoms with Gasteiger partial charge in [-0.3, -0.25) is 0 Å². The Morgan fingerprint density at radius 1 is 1.00 bits per heavy atom. The molecule has 0 bridgehead atoms. The largest absolute Gasteiger partial charge is 0.121 e. The number of hydrogen-bond donors (Lipinski definition) is 0. The normalized spacial score (nSPS) is 15.4. The highest BCUT2D eigenvalue weighted by Gasteiger charge is 2.26. The first-order chi connectivity index (χ1) is 8.11. The molecule has 0 heterocycles. The van der Waals surface area contributed by atoms with Gasteiger partial charge >= 0.3 is 0 Å². The SMILES string of the molecule is C[Si](C)(C)C/S(Br)=C(\c1ccccc1)[Si](C)(C)C. The van der Waals surface area contributed by atoms with E-state index >= 15 is 0 Å². The van der Waals surface area contributed by atoms with Crippen LogP contribution in [-0.4, -0.2) is 26.0 Å². The highest BCUT2D eigenvalue weighted by atomic mass is 79.9. The molecule has 1 atom stereocenters. The van der Waals surface area contributed by atoms with Crippen LogP contribution in [0.15, 0.2) is 30.3 Å². The van der Waals surface area contributed by atoms with Gasteiger partial charge < -0.3 is 0 Å². The highest BCUT2D eigenvalue weighted by molar-refractivity contribution is 9.53. The zero-order valence-electron chi connectivity index (χ0n) is 12.4. The molecule has 0 nitrogen and oxygen atoms in total. The second-order valence-electron chi connectivity index (χ2n) is 6.98. The summed E-state index contributed by atoms with van der Waals surface area (Å²) in [6.45, 7) is 14.8. The van der Waals surface area contributed by atoms with E-state index in [0.29, 0.717) is 0 Å². The molecule has 0 spiro atoms. The Hall–Kier alpha value is 0.354. The molecule has 0 saturated carbocycles. The van der Waals surface area contributed by atoms with Gasteiger partial charge in [0.25, 0.3) is 0 Å². The van der Waals surface area contributed by atoms with E-state index in [-0.39, 0.29) is 8.92 Å². The minimum absolute atomic E-state index is 0.255. The van der Waals surface area contributed by atoms with E-state index in [1.807, 2.05) is 0 Å². The van der Waals surface area contributed by atoms with E-state index in [9.17, 15) is 0 Å². The molecule has 0 aliphatic heterocycles. The molecule has 1 aromatic rings. The second kappa shape index (κ2) is 6.20. The molecule has 0 N–H and O–H groups in total. The third-order valence-corrected chi connectivity index (χ3v) is 15.8. The van der Waals surface area contributed by atoms with Crippen molar-refractivity contribution in [1.29, 1.82) is 0 Å². The molecule has 0 aliphatic rings. The first kappa shape index (κ1) is 16.4. The standard InChI is InChI=1S/C14H25BrSSi2/c1-17(2,3)12-16(15)14(18(4,5)6)13-10-8-7-9-11-13/h7-11H,12H2,1-6H3. The molecule has 18 heavy (non-hydrogen) atoms. The lowest BCUT2D eigenvalue weighted by molar-refractivity contribution is 1.66. The van der Waals surface area contributed by atoms with Crippen LogP contribution < -0.4 is 0 Å². The van der Waals surface area contributed by atoms with Crippen molar-refractivity contribution in [3.05, 3.63) is 35.9 Å². The van der Waals surface area contributed by atoms with E-state index in [0.717, 1.165) is 0 Å². The summed E-state index contributed by atoms with van der Waals surface area (Å²) < 4.78 is 1.70. The molecule has 0 radical (unpaired) electrons. The molecule has 4 heteroatoms. The average Bonchev–Trinajstić information content (AvgIpc) is 2.13. The van der Waals surface area contributed by atoms with Crippen LogP contribution in [0.5, 0.6) is 0 Å². The van der Waals surface area contributed by atoms with Gasteiger partial charge in [0.2, 0.25) is 0 Å². The maximum absolute atomic E-state index is 4.01. The molecule has 1 unspecified atom stereocenters. The van der Waals surface area contributed by atoms with Crippen molar-refractivity contribution >= 4 is 44.4 Å². The van der Waals surface area contributed by atoms with Gasteiger partial charge in [-0.2, -0.15) is 0 Å². The van der Waals surface area contributed by atoms with Crippen molar-refractivity contribution in [3.63, 3.8) is 0 Å². The second-order valence-corrected chi connectivity index (χ2v) is 22.0. The molecule has 1 rings (SSSR count). The maximum Gasteiger partial charge on any atom is 0.0865 e. The molecule has 0 aliphatic carbocycles. The number of halogens is 1. The van der Waals surface area contributed by atoms with Crippen molar-refractivity contribution in [2.24, 2.45) is 0 Å². The highest BCUT2D eigenvalue weighted by Crippen LogP contribution is 2.34. The van der Waals surface area contributed by atoms with Crippen molar-refractivity contribution in [3.8, 4) is 0 Å². The fourth-order valence-corrected chi connectivity index (χ4v) is 21.4. The molecule has 102 valence electrons. The van der Waals surface area contributed by atoms with Crippen molar-refractivity contribution in [2.45, 2.75) is 39.3 Å². The Labute approximate surface area is 124 Å². The van der Waals surface area contributed by atoms with Gasteiger partial charge in [-0.25, -0.2) is 0 Å². The van der Waals surface area contributed by atoms with Gasteiger partial charge in [0.15, 0.2) is 0 Å². The Bertz CT molecular complexity index is 427. The first-order valence-electron chi connectivity index (χ1n) is 6.41. The third-order valence-electron chi connectivity index (χ3n) is 2.50. The Kier molecular flexibility index (Phi) is 5.65. The average molecular weight is 361 g/mol. The molecule has 0 aromatic heterocycles. The lowest BCUT2D eigenvalue weighted by Gasteiger charge is -2.26. The molecule has 0 saturated heterocycles. The fraction of sp³-hybridized carbons (Fsp3) is 0.500. The van der Waals surface area contributed by atoms with Crippen LogP contribution in [0.2, 0.25) is 39.3 Å². The van der Waals surface area contributed by atoms with Crippen LogP contribution in [0.3, 0.4) is 0 Å². The number of benzene rings is 1. The third kappa shape index (κ3) is 5.15. The monoisotopic (exact) mass is 360 g/mol. The molecular formula is C14H25BrSSi2. The van der Waals surface area contributed by atoms with Crippen LogP contribution >= 0.6 is 23.7 Å². The predicted molar refractivity (Wildman–Crippen MR) is 98.6 cm³/mol. The smallest absolute Gasteiger partial charge is 0.0865 e. The summed E-state index contributed by atoms with van der Waals surface area (Å²) in [6.07, 6.45) is 0. The zero-order chi connectivity index (χ0) is 14.0.